The van der Waals surface area contributed by atoms with Crippen molar-refractivity contribution in [2.24, 2.45) is 0 Å². The highest BCUT2D eigenvalue weighted by Crippen LogP contribution is 2.25. The number of nitrogens with zero attached hydrogens (tertiary/aromatic N) is 2. The first kappa shape index (κ1) is 20.1. The van der Waals surface area contributed by atoms with Crippen LogP contribution in [0.3, 0.4) is 0 Å². The fourth-order valence-corrected chi connectivity index (χ4v) is 3.82. The average Bonchev–Trinajstić information content (AvgIpc) is 3.32. The third-order valence-electron chi connectivity index (χ3n) is 4.55. The number of aromatic nitrogens is 1. The Bertz CT molecular complexity index is 902. The molecule has 2 heterocycles. The van der Waals surface area contributed by atoms with E-state index in [1.165, 1.54) is 4.88 Å². The van der Waals surface area contributed by atoms with Crippen LogP contribution in [0.2, 0.25) is 0 Å². The predicted octanol–water partition coefficient (Wildman–Crippen LogP) is 3.68. The number of oxazole rings is 1. The van der Waals surface area contributed by atoms with E-state index in [-0.39, 0.29) is 18.4 Å². The molecule has 0 aliphatic carbocycles. The van der Waals surface area contributed by atoms with Crippen molar-refractivity contribution in [3.63, 3.8) is 0 Å². The van der Waals surface area contributed by atoms with Gasteiger partial charge in [-0.3, -0.25) is 4.79 Å². The molecule has 2 aromatic heterocycles. The first-order valence-electron chi connectivity index (χ1n) is 9.05. The van der Waals surface area contributed by atoms with E-state index in [0.717, 1.165) is 11.3 Å². The first-order valence-corrected chi connectivity index (χ1v) is 9.93. The molecular formula is C21H25N3O3S. The van der Waals surface area contributed by atoms with E-state index < -0.39 is 0 Å². The van der Waals surface area contributed by atoms with E-state index in [1.807, 2.05) is 56.7 Å². The van der Waals surface area contributed by atoms with Gasteiger partial charge in [-0.2, -0.15) is 0 Å². The molecule has 7 heteroatoms. The topological polar surface area (TPSA) is 67.6 Å². The van der Waals surface area contributed by atoms with E-state index in [4.69, 9.17) is 9.15 Å². The number of amides is 1. The van der Waals surface area contributed by atoms with E-state index in [0.29, 0.717) is 23.9 Å². The summed E-state index contributed by atoms with van der Waals surface area (Å²) < 4.78 is 10.9. The number of aryl methyl sites for hydroxylation is 1. The third kappa shape index (κ3) is 4.79. The second-order valence-electron chi connectivity index (χ2n) is 6.73. The highest BCUT2D eigenvalue weighted by atomic mass is 32.1. The number of likely N-dealkylation sites (N-methyl/N-ethyl adjacent to an activating group) is 1. The number of benzene rings is 1. The fraction of sp³-hybridized carbons (Fsp3) is 0.333. The molecule has 1 aromatic carbocycles. The van der Waals surface area contributed by atoms with Gasteiger partial charge in [0, 0.05) is 17.0 Å². The molecule has 0 aliphatic heterocycles. The van der Waals surface area contributed by atoms with Gasteiger partial charge in [-0.25, -0.2) is 4.98 Å². The van der Waals surface area contributed by atoms with Crippen molar-refractivity contribution in [2.45, 2.75) is 19.4 Å². The molecule has 0 bridgehead atoms. The Morgan fingerprint density at radius 3 is 2.64 bits per heavy atom. The van der Waals surface area contributed by atoms with Crippen molar-refractivity contribution in [1.29, 1.82) is 0 Å². The normalized spacial score (nSPS) is 12.2. The molecule has 1 N–H and O–H groups in total. The van der Waals surface area contributed by atoms with Crippen molar-refractivity contribution in [2.75, 3.05) is 27.7 Å². The molecule has 1 atom stereocenters. The molecule has 3 rings (SSSR count). The third-order valence-corrected chi connectivity index (χ3v) is 5.52. The van der Waals surface area contributed by atoms with Crippen LogP contribution in [0.25, 0.3) is 11.5 Å². The monoisotopic (exact) mass is 399 g/mol. The van der Waals surface area contributed by atoms with Gasteiger partial charge < -0.3 is 19.4 Å². The van der Waals surface area contributed by atoms with Crippen LogP contribution >= 0.6 is 11.3 Å². The molecular weight excluding hydrogens is 374 g/mol. The summed E-state index contributed by atoms with van der Waals surface area (Å²) in [5.41, 5.74) is 1.50. The van der Waals surface area contributed by atoms with Gasteiger partial charge in [-0.1, -0.05) is 6.07 Å². The SMILES string of the molecule is COc1ccc(-c2nc(CC(=O)NCC(c3cccs3)N(C)C)c(C)o2)cc1. The van der Waals surface area contributed by atoms with Crippen molar-refractivity contribution in [1.82, 2.24) is 15.2 Å². The highest BCUT2D eigenvalue weighted by Gasteiger charge is 2.18. The summed E-state index contributed by atoms with van der Waals surface area (Å²) in [6, 6.07) is 11.7. The number of hydrogen-bond acceptors (Lipinski definition) is 6. The molecule has 0 saturated heterocycles. The summed E-state index contributed by atoms with van der Waals surface area (Å²) in [7, 11) is 5.65. The number of methoxy groups -OCH3 is 1. The zero-order valence-electron chi connectivity index (χ0n) is 16.6. The number of thiophene rings is 1. The minimum atomic E-state index is -0.0684. The van der Waals surface area contributed by atoms with Crippen LogP contribution in [-0.2, 0) is 11.2 Å². The fourth-order valence-electron chi connectivity index (χ4n) is 2.89. The molecule has 6 nitrogen and oxygen atoms in total. The Labute approximate surface area is 169 Å². The minimum absolute atomic E-state index is 0.0684. The second-order valence-corrected chi connectivity index (χ2v) is 7.71. The Balaban J connectivity index is 1.63. The lowest BCUT2D eigenvalue weighted by Crippen LogP contribution is -2.35. The molecule has 0 fully saturated rings. The summed E-state index contributed by atoms with van der Waals surface area (Å²) in [6.07, 6.45) is 0.191. The van der Waals surface area contributed by atoms with Gasteiger partial charge in [0.2, 0.25) is 11.8 Å². The van der Waals surface area contributed by atoms with E-state index >= 15 is 0 Å². The van der Waals surface area contributed by atoms with Crippen LogP contribution in [0.15, 0.2) is 46.2 Å². The summed E-state index contributed by atoms with van der Waals surface area (Å²) in [5.74, 6) is 1.87. The number of rotatable bonds is 8. The van der Waals surface area contributed by atoms with Gasteiger partial charge in [0.25, 0.3) is 0 Å². The van der Waals surface area contributed by atoms with Gasteiger partial charge in [-0.15, -0.1) is 11.3 Å². The van der Waals surface area contributed by atoms with E-state index in [9.17, 15) is 4.79 Å². The maximum Gasteiger partial charge on any atom is 0.226 e. The maximum atomic E-state index is 12.5. The largest absolute Gasteiger partial charge is 0.497 e. The predicted molar refractivity (Wildman–Crippen MR) is 111 cm³/mol. The number of nitrogens with one attached hydrogen (secondary N) is 1. The van der Waals surface area contributed by atoms with E-state index in [2.05, 4.69) is 21.3 Å². The van der Waals surface area contributed by atoms with E-state index in [1.54, 1.807) is 18.4 Å². The van der Waals surface area contributed by atoms with Crippen LogP contribution in [0.5, 0.6) is 5.75 Å². The zero-order valence-corrected chi connectivity index (χ0v) is 17.4. The standard InChI is InChI=1S/C21H25N3O3S/c1-14-17(23-21(27-14)15-7-9-16(26-4)10-8-15)12-20(25)22-13-18(24(2)3)19-6-5-11-28-19/h5-11,18H,12-13H2,1-4H3,(H,22,25). The van der Waals surface area contributed by atoms with Gasteiger partial charge in [0.05, 0.1) is 25.3 Å². The van der Waals surface area contributed by atoms with Crippen molar-refractivity contribution >= 4 is 17.2 Å². The molecule has 0 radical (unpaired) electrons. The van der Waals surface area contributed by atoms with Crippen LogP contribution in [0.1, 0.15) is 22.4 Å². The molecule has 0 spiro atoms. The van der Waals surface area contributed by atoms with Crippen molar-refractivity contribution in [3.05, 3.63) is 58.1 Å². The van der Waals surface area contributed by atoms with Gasteiger partial charge in [-0.05, 0) is 56.7 Å². The quantitative estimate of drug-likeness (QED) is 0.626. The lowest BCUT2D eigenvalue weighted by atomic mass is 10.2. The molecule has 3 aromatic rings. The molecule has 1 unspecified atom stereocenters. The Kier molecular flexibility index (Phi) is 6.49. The van der Waals surface area contributed by atoms with Crippen LogP contribution in [-0.4, -0.2) is 43.5 Å². The maximum absolute atomic E-state index is 12.5. The number of carbonyl (C=O) groups excluding carboxylic acids is 1. The smallest absolute Gasteiger partial charge is 0.226 e. The summed E-state index contributed by atoms with van der Waals surface area (Å²) in [5, 5.41) is 5.07. The van der Waals surface area contributed by atoms with Crippen LogP contribution in [0, 0.1) is 6.92 Å². The van der Waals surface area contributed by atoms with Crippen molar-refractivity contribution < 1.29 is 13.9 Å². The molecule has 148 valence electrons. The molecule has 28 heavy (non-hydrogen) atoms. The Morgan fingerprint density at radius 2 is 2.04 bits per heavy atom. The molecule has 0 aliphatic rings. The Morgan fingerprint density at radius 1 is 1.29 bits per heavy atom. The zero-order chi connectivity index (χ0) is 20.1. The van der Waals surface area contributed by atoms with Gasteiger partial charge >= 0.3 is 0 Å². The number of hydrogen-bond donors (Lipinski definition) is 1. The molecule has 0 saturated carbocycles. The minimum Gasteiger partial charge on any atom is -0.497 e. The van der Waals surface area contributed by atoms with Crippen molar-refractivity contribution in [3.8, 4) is 17.2 Å². The first-order chi connectivity index (χ1) is 13.5. The average molecular weight is 400 g/mol. The van der Waals surface area contributed by atoms with Gasteiger partial charge in [0.1, 0.15) is 11.5 Å². The molecule has 1 amide bonds. The second kappa shape index (κ2) is 9.03. The van der Waals surface area contributed by atoms with Crippen LogP contribution < -0.4 is 10.1 Å². The summed E-state index contributed by atoms with van der Waals surface area (Å²) in [6.45, 7) is 2.38. The summed E-state index contributed by atoms with van der Waals surface area (Å²) >= 11 is 1.69. The van der Waals surface area contributed by atoms with Crippen LogP contribution in [0.4, 0.5) is 0 Å². The Hall–Kier alpha value is -2.64. The lowest BCUT2D eigenvalue weighted by molar-refractivity contribution is -0.120. The summed E-state index contributed by atoms with van der Waals surface area (Å²) in [4.78, 5) is 20.3. The lowest BCUT2D eigenvalue weighted by Gasteiger charge is -2.23. The number of carbonyl (C=O) groups is 1. The van der Waals surface area contributed by atoms with Gasteiger partial charge in [0.15, 0.2) is 0 Å². The number of ether oxygens (including phenoxy) is 1. The highest BCUT2D eigenvalue weighted by molar-refractivity contribution is 7.10.